The Hall–Kier alpha value is -3.06. The van der Waals surface area contributed by atoms with Crippen molar-refractivity contribution >= 4 is 22.4 Å². The van der Waals surface area contributed by atoms with Gasteiger partial charge in [0.15, 0.2) is 0 Å². The minimum atomic E-state index is -4.33. The third kappa shape index (κ3) is 4.12. The van der Waals surface area contributed by atoms with Crippen molar-refractivity contribution in [3.05, 3.63) is 89.5 Å². The molecule has 0 heterocycles. The molecule has 130 valence electrons. The lowest BCUT2D eigenvalue weighted by Gasteiger charge is -2.06. The summed E-state index contributed by atoms with van der Waals surface area (Å²) in [5.41, 5.74) is 1.76. The van der Waals surface area contributed by atoms with Crippen molar-refractivity contribution in [2.75, 3.05) is 0 Å². The van der Waals surface area contributed by atoms with Crippen molar-refractivity contribution in [1.29, 1.82) is 0 Å². The van der Waals surface area contributed by atoms with Crippen LogP contribution in [0.25, 0.3) is 10.8 Å². The topological polar surface area (TPSA) is 14.1 Å². The van der Waals surface area contributed by atoms with Crippen LogP contribution in [0.3, 0.4) is 0 Å². The Morgan fingerprint density at radius 2 is 1.73 bits per heavy atom. The molecule has 0 radical (unpaired) electrons. The van der Waals surface area contributed by atoms with Gasteiger partial charge in [0.2, 0.25) is 0 Å². The second-order valence-corrected chi connectivity index (χ2v) is 5.96. The lowest BCUT2D eigenvalue weighted by atomic mass is 10.0. The normalized spacial score (nSPS) is 10.9. The summed E-state index contributed by atoms with van der Waals surface area (Å²) in [6, 6.07) is 19.4. The molecule has 0 bridgehead atoms. The Morgan fingerprint density at radius 1 is 1.00 bits per heavy atom. The summed E-state index contributed by atoms with van der Waals surface area (Å²) in [6.45, 7) is 1.90. The third-order valence-electron chi connectivity index (χ3n) is 4.10. The maximum atomic E-state index is 12.7. The number of alkyl halides is 3. The van der Waals surface area contributed by atoms with Gasteiger partial charge in [-0.25, -0.2) is 0 Å². The molecule has 0 fully saturated rings. The summed E-state index contributed by atoms with van der Waals surface area (Å²) in [6.07, 6.45) is -2.34. The van der Waals surface area contributed by atoms with Crippen LogP contribution in [0.15, 0.2) is 72.8 Å². The first-order valence-corrected chi connectivity index (χ1v) is 8.21. The van der Waals surface area contributed by atoms with E-state index in [-0.39, 0.29) is 0 Å². The first kappa shape index (κ1) is 17.8. The molecule has 0 unspecified atom stereocenters. The second-order valence-electron chi connectivity index (χ2n) is 5.96. The largest absolute Gasteiger partial charge is 0.416 e. The quantitative estimate of drug-likeness (QED) is 0.454. The fourth-order valence-electron chi connectivity index (χ4n) is 2.78. The summed E-state index contributed by atoms with van der Waals surface area (Å²) >= 11 is 0. The predicted molar refractivity (Wildman–Crippen MR) is 101 cm³/mol. The molecular weight excluding hydrogens is 335 g/mol. The van der Waals surface area contributed by atoms with Crippen molar-refractivity contribution in [1.82, 2.24) is 4.67 Å². The van der Waals surface area contributed by atoms with E-state index in [1.165, 1.54) is 6.07 Å². The van der Waals surface area contributed by atoms with E-state index in [0.717, 1.165) is 34.2 Å². The molecule has 0 amide bonds. The number of halogens is 3. The Morgan fingerprint density at radius 3 is 2.54 bits per heavy atom. The van der Waals surface area contributed by atoms with Gasteiger partial charge >= 0.3 is 17.8 Å². The van der Waals surface area contributed by atoms with E-state index in [1.54, 1.807) is 12.1 Å². The molecule has 0 aliphatic carbocycles. The highest BCUT2D eigenvalue weighted by molar-refractivity contribution is 6.09. The molecule has 0 saturated carbocycles. The van der Waals surface area contributed by atoms with Gasteiger partial charge in [-0.05, 0) is 33.1 Å². The fraction of sp³-hybridized carbons (Fsp3) is 0.136. The van der Waals surface area contributed by atoms with Crippen LogP contribution >= 0.6 is 0 Å². The Kier molecular flexibility index (Phi) is 5.09. The van der Waals surface area contributed by atoms with Gasteiger partial charge in [0, 0.05) is 19.4 Å². The van der Waals surface area contributed by atoms with Gasteiger partial charge in [0.05, 0.1) is 11.1 Å². The average molecular weight is 352 g/mol. The zero-order valence-electron chi connectivity index (χ0n) is 14.2. The molecular formula is C22H17F3N+. The average Bonchev–Trinajstić information content (AvgIpc) is 2.64. The van der Waals surface area contributed by atoms with Crippen LogP contribution < -0.4 is 4.67 Å². The highest BCUT2D eigenvalue weighted by Gasteiger charge is 2.30. The minimum absolute atomic E-state index is 0.343. The van der Waals surface area contributed by atoms with Crippen LogP contribution in [-0.4, -0.2) is 11.6 Å². The van der Waals surface area contributed by atoms with Crippen LogP contribution in [-0.2, 0) is 12.6 Å². The molecule has 0 atom stereocenters. The van der Waals surface area contributed by atoms with E-state index < -0.39 is 11.7 Å². The number of fused-ring (bicyclic) bond motifs is 1. The summed E-state index contributed by atoms with van der Waals surface area (Å²) < 4.78 is 42.5. The maximum absolute atomic E-state index is 12.7. The van der Waals surface area contributed by atoms with Crippen molar-refractivity contribution in [3.8, 4) is 0 Å². The molecule has 3 aromatic carbocycles. The smallest absolute Gasteiger partial charge is 0.166 e. The van der Waals surface area contributed by atoms with Crippen molar-refractivity contribution < 1.29 is 13.2 Å². The first-order valence-electron chi connectivity index (χ1n) is 8.21. The summed E-state index contributed by atoms with van der Waals surface area (Å²) in [5, 5.41) is 2.24. The van der Waals surface area contributed by atoms with Crippen molar-refractivity contribution in [2.45, 2.75) is 19.5 Å². The Bertz CT molecular complexity index is 1030. The van der Waals surface area contributed by atoms with Gasteiger partial charge < -0.3 is 0 Å². The molecule has 0 N–H and O–H groups in total. The molecule has 3 rings (SSSR count). The van der Waals surface area contributed by atoms with Gasteiger partial charge in [0.1, 0.15) is 0 Å². The SMILES string of the molecule is CC(=[N+]=C=CCc1cccc(C(F)(F)F)c1)c1cccc2ccccc12. The van der Waals surface area contributed by atoms with Gasteiger partial charge in [-0.15, -0.1) is 0 Å². The van der Waals surface area contributed by atoms with Crippen LogP contribution in [0.5, 0.6) is 0 Å². The highest BCUT2D eigenvalue weighted by atomic mass is 19.4. The van der Waals surface area contributed by atoms with E-state index >= 15 is 0 Å². The van der Waals surface area contributed by atoms with E-state index in [2.05, 4.69) is 10.5 Å². The second kappa shape index (κ2) is 7.45. The molecule has 0 aromatic heterocycles. The van der Waals surface area contributed by atoms with Crippen LogP contribution in [0.4, 0.5) is 13.2 Å². The Labute approximate surface area is 149 Å². The van der Waals surface area contributed by atoms with E-state index in [9.17, 15) is 13.2 Å². The monoisotopic (exact) mass is 352 g/mol. The van der Waals surface area contributed by atoms with Crippen LogP contribution in [0.1, 0.15) is 23.6 Å². The number of hydrogen-bond acceptors (Lipinski definition) is 0. The molecule has 1 nitrogen and oxygen atoms in total. The summed E-state index contributed by atoms with van der Waals surface area (Å²) in [5.74, 6) is 2.84. The molecule has 0 aliphatic rings. The number of nitrogens with zero attached hydrogens (tertiary/aromatic N) is 1. The lowest BCUT2D eigenvalue weighted by Crippen LogP contribution is -2.05. The van der Waals surface area contributed by atoms with Crippen LogP contribution in [0.2, 0.25) is 0 Å². The summed E-state index contributed by atoms with van der Waals surface area (Å²) in [7, 11) is 0. The minimum Gasteiger partial charge on any atom is -0.166 e. The number of rotatable bonds is 3. The molecule has 26 heavy (non-hydrogen) atoms. The number of benzene rings is 3. The van der Waals surface area contributed by atoms with Crippen molar-refractivity contribution in [3.63, 3.8) is 0 Å². The Balaban J connectivity index is 1.86. The number of allylic oxidation sites excluding steroid dienone is 1. The summed E-state index contributed by atoms with van der Waals surface area (Å²) in [4.78, 5) is 0. The van der Waals surface area contributed by atoms with Gasteiger partial charge in [-0.2, -0.15) is 13.2 Å². The molecule has 3 aromatic rings. The molecule has 4 heteroatoms. The van der Waals surface area contributed by atoms with Crippen molar-refractivity contribution in [2.24, 2.45) is 0 Å². The zero-order valence-corrected chi connectivity index (χ0v) is 14.2. The zero-order chi connectivity index (χ0) is 18.6. The van der Waals surface area contributed by atoms with Gasteiger partial charge in [0.25, 0.3) is 0 Å². The third-order valence-corrected chi connectivity index (χ3v) is 4.10. The highest BCUT2D eigenvalue weighted by Crippen LogP contribution is 2.29. The fourth-order valence-corrected chi connectivity index (χ4v) is 2.78. The number of hydrogen-bond donors (Lipinski definition) is 0. The molecule has 0 spiro atoms. The molecule has 0 saturated heterocycles. The van der Waals surface area contributed by atoms with E-state index in [4.69, 9.17) is 0 Å². The maximum Gasteiger partial charge on any atom is 0.416 e. The lowest BCUT2D eigenvalue weighted by molar-refractivity contribution is -0.137. The van der Waals surface area contributed by atoms with Gasteiger partial charge in [-0.3, -0.25) is 0 Å². The van der Waals surface area contributed by atoms with E-state index in [0.29, 0.717) is 12.0 Å². The standard InChI is InChI=1S/C22H17F3N/c1-16(20-13-5-10-18-9-2-3-12-21(18)20)26-14-6-8-17-7-4-11-19(15-17)22(23,24)25/h2-7,9-13,15H,8H2,1H3/q+1. The predicted octanol–water partition coefficient (Wildman–Crippen LogP) is 5.20. The first-order chi connectivity index (χ1) is 12.4. The van der Waals surface area contributed by atoms with E-state index in [1.807, 2.05) is 49.4 Å². The van der Waals surface area contributed by atoms with Crippen LogP contribution in [0, 0.1) is 0 Å². The molecule has 0 aliphatic heterocycles. The van der Waals surface area contributed by atoms with Gasteiger partial charge in [-0.1, -0.05) is 54.6 Å².